The molecule has 1 aliphatic heterocycles. The number of carbonyl (C=O) groups is 3. The van der Waals surface area contributed by atoms with Crippen LogP contribution in [-0.4, -0.2) is 35.1 Å². The van der Waals surface area contributed by atoms with Crippen molar-refractivity contribution in [2.75, 3.05) is 6.26 Å². The van der Waals surface area contributed by atoms with E-state index in [0.717, 1.165) is 16.5 Å². The van der Waals surface area contributed by atoms with Gasteiger partial charge in [0.15, 0.2) is 0 Å². The zero-order valence-electron chi connectivity index (χ0n) is 11.5. The maximum atomic E-state index is 11.7. The number of thiazole rings is 1. The van der Waals surface area contributed by atoms with Crippen molar-refractivity contribution in [1.29, 1.82) is 0 Å². The van der Waals surface area contributed by atoms with Crippen LogP contribution in [0.3, 0.4) is 0 Å². The van der Waals surface area contributed by atoms with Gasteiger partial charge < -0.3 is 10.6 Å². The van der Waals surface area contributed by atoms with Gasteiger partial charge in [-0.3, -0.25) is 14.9 Å². The molecule has 114 valence electrons. The summed E-state index contributed by atoms with van der Waals surface area (Å²) in [5.41, 5.74) is 0.837. The Morgan fingerprint density at radius 3 is 3.00 bits per heavy atom. The Bertz CT molecular complexity index is 546. The van der Waals surface area contributed by atoms with E-state index >= 15 is 0 Å². The van der Waals surface area contributed by atoms with Crippen LogP contribution in [0.1, 0.15) is 23.5 Å². The number of urea groups is 1. The van der Waals surface area contributed by atoms with Gasteiger partial charge in [0.1, 0.15) is 11.0 Å². The van der Waals surface area contributed by atoms with E-state index in [4.69, 9.17) is 0 Å². The summed E-state index contributed by atoms with van der Waals surface area (Å²) in [7, 11) is 0. The van der Waals surface area contributed by atoms with Crippen LogP contribution in [0, 0.1) is 0 Å². The first kappa shape index (κ1) is 15.8. The molecule has 1 saturated heterocycles. The Morgan fingerprint density at radius 1 is 1.52 bits per heavy atom. The Morgan fingerprint density at radius 2 is 2.33 bits per heavy atom. The number of thioether (sulfide) groups is 1. The van der Waals surface area contributed by atoms with E-state index < -0.39 is 12.1 Å². The topological polar surface area (TPSA) is 100 Å². The van der Waals surface area contributed by atoms with E-state index in [-0.39, 0.29) is 24.7 Å². The number of imide groups is 1. The van der Waals surface area contributed by atoms with Gasteiger partial charge in [-0.1, -0.05) is 0 Å². The summed E-state index contributed by atoms with van der Waals surface area (Å²) in [5, 5.41) is 10.3. The third-order valence-electron chi connectivity index (χ3n) is 2.85. The summed E-state index contributed by atoms with van der Waals surface area (Å²) in [6, 6.07) is -1.12. The molecule has 3 N–H and O–H groups in total. The first-order chi connectivity index (χ1) is 10.1. The highest BCUT2D eigenvalue weighted by Gasteiger charge is 2.29. The summed E-state index contributed by atoms with van der Waals surface area (Å²) in [4.78, 5) is 38.3. The largest absolute Gasteiger partial charge is 0.350 e. The van der Waals surface area contributed by atoms with Crippen molar-refractivity contribution in [2.45, 2.75) is 31.2 Å². The van der Waals surface area contributed by atoms with Crippen LogP contribution in [0.15, 0.2) is 5.38 Å². The van der Waals surface area contributed by atoms with E-state index in [2.05, 4.69) is 20.9 Å². The second-order valence-electron chi connectivity index (χ2n) is 4.50. The van der Waals surface area contributed by atoms with E-state index in [1.807, 2.05) is 11.6 Å². The van der Waals surface area contributed by atoms with Crippen LogP contribution in [0.2, 0.25) is 0 Å². The highest BCUT2D eigenvalue weighted by molar-refractivity contribution is 7.97. The Hall–Kier alpha value is -1.61. The number of carbonyl (C=O) groups excluding carboxylic acids is 3. The van der Waals surface area contributed by atoms with Crippen molar-refractivity contribution >= 4 is 40.9 Å². The summed E-state index contributed by atoms with van der Waals surface area (Å²) in [5.74, 6) is 0.326. The molecule has 0 radical (unpaired) electrons. The molecule has 21 heavy (non-hydrogen) atoms. The van der Waals surface area contributed by atoms with E-state index in [0.29, 0.717) is 6.54 Å². The minimum atomic E-state index is -0.615. The van der Waals surface area contributed by atoms with Crippen molar-refractivity contribution in [3.63, 3.8) is 0 Å². The number of hydrogen-bond donors (Lipinski definition) is 3. The SMILES string of the molecule is CSCc1nc(CNC(=O)CC[C@H]2NC(=O)NC2=O)cs1. The molecule has 0 spiro atoms. The summed E-state index contributed by atoms with van der Waals surface area (Å²) >= 11 is 3.28. The molecule has 1 atom stereocenters. The average molecular weight is 328 g/mol. The lowest BCUT2D eigenvalue weighted by Crippen LogP contribution is -2.31. The average Bonchev–Trinajstić information content (AvgIpc) is 3.01. The van der Waals surface area contributed by atoms with Crippen LogP contribution < -0.4 is 16.0 Å². The number of aromatic nitrogens is 1. The van der Waals surface area contributed by atoms with Gasteiger partial charge in [0, 0.05) is 17.6 Å². The third kappa shape index (κ3) is 4.71. The minimum absolute atomic E-state index is 0.164. The van der Waals surface area contributed by atoms with Gasteiger partial charge in [-0.2, -0.15) is 11.8 Å². The van der Waals surface area contributed by atoms with Crippen molar-refractivity contribution in [1.82, 2.24) is 20.9 Å². The quantitative estimate of drug-likeness (QED) is 0.637. The number of hydrogen-bond acceptors (Lipinski definition) is 6. The van der Waals surface area contributed by atoms with Crippen molar-refractivity contribution in [2.24, 2.45) is 0 Å². The van der Waals surface area contributed by atoms with Crippen LogP contribution in [-0.2, 0) is 21.9 Å². The molecule has 1 fully saturated rings. The highest BCUT2D eigenvalue weighted by atomic mass is 32.2. The molecule has 0 aromatic carbocycles. The van der Waals surface area contributed by atoms with Gasteiger partial charge in [0.2, 0.25) is 5.91 Å². The predicted molar refractivity (Wildman–Crippen MR) is 80.9 cm³/mol. The molecule has 0 saturated carbocycles. The van der Waals surface area contributed by atoms with Crippen LogP contribution in [0.4, 0.5) is 4.79 Å². The summed E-state index contributed by atoms with van der Waals surface area (Å²) in [6.07, 6.45) is 2.49. The van der Waals surface area contributed by atoms with Crippen LogP contribution in [0.5, 0.6) is 0 Å². The fourth-order valence-corrected chi connectivity index (χ4v) is 3.35. The Labute approximate surface area is 130 Å². The third-order valence-corrected chi connectivity index (χ3v) is 4.49. The number of amides is 4. The molecular formula is C12H16N4O3S2. The number of nitrogens with zero attached hydrogens (tertiary/aromatic N) is 1. The van der Waals surface area contributed by atoms with Crippen LogP contribution in [0.25, 0.3) is 0 Å². The van der Waals surface area contributed by atoms with Gasteiger partial charge in [0.05, 0.1) is 12.2 Å². The second-order valence-corrected chi connectivity index (χ2v) is 6.30. The monoisotopic (exact) mass is 328 g/mol. The Kier molecular flexibility index (Phi) is 5.57. The maximum absolute atomic E-state index is 11.7. The van der Waals surface area contributed by atoms with E-state index in [1.165, 1.54) is 0 Å². The van der Waals surface area contributed by atoms with Gasteiger partial charge in [0.25, 0.3) is 5.91 Å². The molecule has 1 aliphatic rings. The smallest absolute Gasteiger partial charge is 0.322 e. The van der Waals surface area contributed by atoms with Crippen LogP contribution >= 0.6 is 23.1 Å². The standard InChI is InChI=1S/C12H16N4O3S2/c1-20-6-10-14-7(5-21-10)4-13-9(17)3-2-8-11(18)16-12(19)15-8/h5,8H,2-4,6H2,1H3,(H,13,17)(H2,15,16,18,19)/t8-/m1/s1. The number of rotatable bonds is 7. The van der Waals surface area contributed by atoms with Gasteiger partial charge in [-0.15, -0.1) is 11.3 Å². The van der Waals surface area contributed by atoms with Crippen molar-refractivity contribution < 1.29 is 14.4 Å². The fourth-order valence-electron chi connectivity index (χ4n) is 1.83. The van der Waals surface area contributed by atoms with Gasteiger partial charge in [-0.05, 0) is 12.7 Å². The molecule has 2 rings (SSSR count). The van der Waals surface area contributed by atoms with Gasteiger partial charge in [-0.25, -0.2) is 9.78 Å². The molecule has 7 nitrogen and oxygen atoms in total. The molecule has 9 heteroatoms. The molecule has 4 amide bonds. The molecule has 1 aromatic heterocycles. The van der Waals surface area contributed by atoms with E-state index in [9.17, 15) is 14.4 Å². The normalized spacial score (nSPS) is 17.5. The zero-order chi connectivity index (χ0) is 15.2. The lowest BCUT2D eigenvalue weighted by Gasteiger charge is -2.07. The van der Waals surface area contributed by atoms with Gasteiger partial charge >= 0.3 is 6.03 Å². The molecule has 0 unspecified atom stereocenters. The summed E-state index contributed by atoms with van der Waals surface area (Å²) in [6.45, 7) is 0.382. The molecule has 0 aliphatic carbocycles. The lowest BCUT2D eigenvalue weighted by atomic mass is 10.1. The summed E-state index contributed by atoms with van der Waals surface area (Å²) < 4.78 is 0. The molecular weight excluding hydrogens is 312 g/mol. The first-order valence-electron chi connectivity index (χ1n) is 6.38. The fraction of sp³-hybridized carbons (Fsp3) is 0.500. The highest BCUT2D eigenvalue weighted by Crippen LogP contribution is 2.14. The second kappa shape index (κ2) is 7.41. The molecule has 2 heterocycles. The first-order valence-corrected chi connectivity index (χ1v) is 8.66. The number of nitrogens with one attached hydrogen (secondary N) is 3. The van der Waals surface area contributed by atoms with Crippen molar-refractivity contribution in [3.8, 4) is 0 Å². The maximum Gasteiger partial charge on any atom is 0.322 e. The Balaban J connectivity index is 1.69. The lowest BCUT2D eigenvalue weighted by molar-refractivity contribution is -0.122. The van der Waals surface area contributed by atoms with E-state index in [1.54, 1.807) is 23.1 Å². The molecule has 1 aromatic rings. The predicted octanol–water partition coefficient (Wildman–Crippen LogP) is 0.610. The van der Waals surface area contributed by atoms with Crippen molar-refractivity contribution in [3.05, 3.63) is 16.1 Å². The zero-order valence-corrected chi connectivity index (χ0v) is 13.1. The minimum Gasteiger partial charge on any atom is -0.350 e. The molecule has 0 bridgehead atoms.